The van der Waals surface area contributed by atoms with E-state index in [4.69, 9.17) is 0 Å². The third-order valence-electron chi connectivity index (χ3n) is 6.06. The lowest BCUT2D eigenvalue weighted by Gasteiger charge is -2.37. The molecule has 30 heavy (non-hydrogen) atoms. The fourth-order valence-corrected chi connectivity index (χ4v) is 4.14. The molecule has 0 bridgehead atoms. The van der Waals surface area contributed by atoms with Crippen molar-refractivity contribution in [3.63, 3.8) is 0 Å². The van der Waals surface area contributed by atoms with Gasteiger partial charge in [0.25, 0.3) is 5.91 Å². The lowest BCUT2D eigenvalue weighted by molar-refractivity contribution is 0.0647. The van der Waals surface area contributed by atoms with Crippen molar-refractivity contribution < 1.29 is 4.79 Å². The van der Waals surface area contributed by atoms with E-state index in [1.165, 1.54) is 5.56 Å². The number of piperidine rings is 1. The summed E-state index contributed by atoms with van der Waals surface area (Å²) in [4.78, 5) is 21.8. The van der Waals surface area contributed by atoms with Gasteiger partial charge in [0.05, 0.1) is 5.69 Å². The molecule has 0 spiro atoms. The summed E-state index contributed by atoms with van der Waals surface area (Å²) in [7, 11) is 2.21. The first-order valence-corrected chi connectivity index (χ1v) is 10.8. The highest BCUT2D eigenvalue weighted by Crippen LogP contribution is 2.21. The summed E-state index contributed by atoms with van der Waals surface area (Å²) in [6, 6.07) is 24.9. The molecule has 4 rings (SSSR count). The normalized spacial score (nSPS) is 14.8. The largest absolute Gasteiger partial charge is 0.339 e. The molecule has 0 N–H and O–H groups in total. The number of likely N-dealkylation sites (N-methyl/N-ethyl adjacent to an activating group) is 1. The summed E-state index contributed by atoms with van der Waals surface area (Å²) in [5.74, 6) is 0.132. The molecule has 1 aromatic heterocycles. The molecule has 3 aromatic rings. The first-order valence-electron chi connectivity index (χ1n) is 10.8. The van der Waals surface area contributed by atoms with E-state index in [1.807, 2.05) is 47.4 Å². The number of pyridine rings is 1. The van der Waals surface area contributed by atoms with Crippen molar-refractivity contribution in [2.24, 2.45) is 0 Å². The highest BCUT2D eigenvalue weighted by atomic mass is 16.2. The molecule has 1 saturated heterocycles. The number of hydrogen-bond donors (Lipinski definition) is 0. The molecule has 0 aliphatic carbocycles. The number of benzene rings is 2. The summed E-state index contributed by atoms with van der Waals surface area (Å²) in [6.45, 7) is 2.69. The Morgan fingerprint density at radius 2 is 1.67 bits per heavy atom. The second-order valence-electron chi connectivity index (χ2n) is 8.03. The Kier molecular flexibility index (Phi) is 6.55. The Morgan fingerprint density at radius 3 is 2.33 bits per heavy atom. The van der Waals surface area contributed by atoms with Crippen LogP contribution in [0.3, 0.4) is 0 Å². The van der Waals surface area contributed by atoms with Crippen molar-refractivity contribution in [2.45, 2.75) is 25.3 Å². The first kappa shape index (κ1) is 20.3. The van der Waals surface area contributed by atoms with Crippen molar-refractivity contribution in [3.8, 4) is 11.3 Å². The molecule has 0 saturated carbocycles. The molecule has 0 unspecified atom stereocenters. The Hall–Kier alpha value is -2.98. The van der Waals surface area contributed by atoms with Crippen LogP contribution in [0, 0.1) is 0 Å². The molecule has 0 radical (unpaired) electrons. The summed E-state index contributed by atoms with van der Waals surface area (Å²) in [5.41, 5.74) is 4.10. The third-order valence-corrected chi connectivity index (χ3v) is 6.06. The number of amides is 1. The zero-order valence-electron chi connectivity index (χ0n) is 17.6. The Balaban J connectivity index is 1.28. The van der Waals surface area contributed by atoms with Gasteiger partial charge >= 0.3 is 0 Å². The van der Waals surface area contributed by atoms with Crippen LogP contribution in [0.5, 0.6) is 0 Å². The fourth-order valence-electron chi connectivity index (χ4n) is 4.14. The molecule has 0 atom stereocenters. The van der Waals surface area contributed by atoms with Crippen LogP contribution in [0.15, 0.2) is 79.0 Å². The average Bonchev–Trinajstić information content (AvgIpc) is 2.83. The van der Waals surface area contributed by atoms with E-state index < -0.39 is 0 Å². The topological polar surface area (TPSA) is 36.4 Å². The molecule has 2 aromatic carbocycles. The maximum atomic E-state index is 12.9. The van der Waals surface area contributed by atoms with E-state index in [0.29, 0.717) is 6.04 Å². The van der Waals surface area contributed by atoms with Crippen molar-refractivity contribution in [1.82, 2.24) is 14.8 Å². The number of likely N-dealkylation sites (tertiary alicyclic amines) is 1. The summed E-state index contributed by atoms with van der Waals surface area (Å²) < 4.78 is 0. The van der Waals surface area contributed by atoms with Crippen LogP contribution >= 0.6 is 0 Å². The van der Waals surface area contributed by atoms with Crippen LogP contribution in [0.2, 0.25) is 0 Å². The van der Waals surface area contributed by atoms with Crippen molar-refractivity contribution in [2.75, 3.05) is 26.7 Å². The molecular weight excluding hydrogens is 370 g/mol. The third kappa shape index (κ3) is 4.95. The Bertz CT molecular complexity index is 933. The van der Waals surface area contributed by atoms with E-state index in [0.717, 1.165) is 55.7 Å². The van der Waals surface area contributed by atoms with Gasteiger partial charge in [-0.3, -0.25) is 9.78 Å². The van der Waals surface area contributed by atoms with E-state index in [9.17, 15) is 4.79 Å². The second kappa shape index (κ2) is 9.68. The van der Waals surface area contributed by atoms with Gasteiger partial charge in [-0.1, -0.05) is 48.5 Å². The molecule has 1 aliphatic rings. The van der Waals surface area contributed by atoms with E-state index >= 15 is 0 Å². The van der Waals surface area contributed by atoms with E-state index in [1.54, 1.807) is 6.20 Å². The highest BCUT2D eigenvalue weighted by molar-refractivity contribution is 5.94. The second-order valence-corrected chi connectivity index (χ2v) is 8.03. The van der Waals surface area contributed by atoms with Crippen LogP contribution in [-0.2, 0) is 6.42 Å². The van der Waals surface area contributed by atoms with Crippen LogP contribution < -0.4 is 0 Å². The van der Waals surface area contributed by atoms with Gasteiger partial charge in [-0.15, -0.1) is 0 Å². The smallest absolute Gasteiger partial charge is 0.253 e. The molecular formula is C26H29N3O. The molecule has 154 valence electrons. The van der Waals surface area contributed by atoms with Gasteiger partial charge in [0.1, 0.15) is 0 Å². The van der Waals surface area contributed by atoms with Gasteiger partial charge in [0.15, 0.2) is 0 Å². The highest BCUT2D eigenvalue weighted by Gasteiger charge is 2.25. The Morgan fingerprint density at radius 1 is 0.967 bits per heavy atom. The predicted octanol–water partition coefficient (Wildman–Crippen LogP) is 4.53. The molecule has 1 amide bonds. The van der Waals surface area contributed by atoms with Crippen molar-refractivity contribution in [1.29, 1.82) is 0 Å². The maximum Gasteiger partial charge on any atom is 0.253 e. The number of nitrogens with zero attached hydrogens (tertiary/aromatic N) is 3. The summed E-state index contributed by atoms with van der Waals surface area (Å²) in [5, 5.41) is 0. The molecule has 4 nitrogen and oxygen atoms in total. The quantitative estimate of drug-likeness (QED) is 0.611. The minimum Gasteiger partial charge on any atom is -0.339 e. The van der Waals surface area contributed by atoms with Crippen LogP contribution in [0.1, 0.15) is 28.8 Å². The molecule has 1 fully saturated rings. The average molecular weight is 400 g/mol. The molecule has 1 aliphatic heterocycles. The van der Waals surface area contributed by atoms with Gasteiger partial charge in [-0.2, -0.15) is 0 Å². The number of hydrogen-bond acceptors (Lipinski definition) is 3. The van der Waals surface area contributed by atoms with E-state index in [-0.39, 0.29) is 5.91 Å². The van der Waals surface area contributed by atoms with Crippen LogP contribution in [0.25, 0.3) is 11.3 Å². The summed E-state index contributed by atoms with van der Waals surface area (Å²) in [6.07, 6.45) is 4.92. The van der Waals surface area contributed by atoms with Gasteiger partial charge in [0.2, 0.25) is 0 Å². The SMILES string of the molecule is CN(CCc1ccccc1)C1CCN(C(=O)c2ccc(-c3ccccn3)cc2)CC1. The number of carbonyl (C=O) groups is 1. The van der Waals surface area contributed by atoms with Crippen molar-refractivity contribution >= 4 is 5.91 Å². The number of aromatic nitrogens is 1. The van der Waals surface area contributed by atoms with E-state index in [2.05, 4.69) is 47.3 Å². The lowest BCUT2D eigenvalue weighted by atomic mass is 10.0. The fraction of sp³-hybridized carbons (Fsp3) is 0.308. The van der Waals surface area contributed by atoms with Crippen LogP contribution in [0.4, 0.5) is 0 Å². The van der Waals surface area contributed by atoms with Crippen molar-refractivity contribution in [3.05, 3.63) is 90.1 Å². The number of carbonyl (C=O) groups excluding carboxylic acids is 1. The van der Waals surface area contributed by atoms with Gasteiger partial charge in [0, 0.05) is 43.0 Å². The summed E-state index contributed by atoms with van der Waals surface area (Å²) >= 11 is 0. The minimum absolute atomic E-state index is 0.132. The minimum atomic E-state index is 0.132. The monoisotopic (exact) mass is 399 g/mol. The zero-order valence-corrected chi connectivity index (χ0v) is 17.6. The Labute approximate surface area is 179 Å². The van der Waals surface area contributed by atoms with Crippen LogP contribution in [-0.4, -0.2) is 53.4 Å². The van der Waals surface area contributed by atoms with Gasteiger partial charge in [-0.05, 0) is 56.1 Å². The van der Waals surface area contributed by atoms with Gasteiger partial charge < -0.3 is 9.80 Å². The first-order chi connectivity index (χ1) is 14.7. The molecule has 4 heteroatoms. The molecule has 2 heterocycles. The predicted molar refractivity (Wildman–Crippen MR) is 121 cm³/mol. The maximum absolute atomic E-state index is 12.9. The standard InChI is InChI=1S/C26H29N3O/c1-28(18-14-21-7-3-2-4-8-21)24-15-19-29(20-16-24)26(30)23-12-10-22(11-13-23)25-9-5-6-17-27-25/h2-13,17,24H,14-16,18-20H2,1H3. The lowest BCUT2D eigenvalue weighted by Crippen LogP contribution is -2.46. The number of rotatable bonds is 6. The van der Waals surface area contributed by atoms with Gasteiger partial charge in [-0.25, -0.2) is 0 Å². The zero-order chi connectivity index (χ0) is 20.8.